The lowest BCUT2D eigenvalue weighted by atomic mass is 10.2. The molecule has 0 aliphatic carbocycles. The molecule has 1 aliphatic rings. The van der Waals surface area contributed by atoms with Gasteiger partial charge in [-0.1, -0.05) is 12.8 Å². The van der Waals surface area contributed by atoms with Crippen molar-refractivity contribution in [3.8, 4) is 5.75 Å². The molecular weight excluding hydrogens is 290 g/mol. The summed E-state index contributed by atoms with van der Waals surface area (Å²) in [7, 11) is -3.47. The summed E-state index contributed by atoms with van der Waals surface area (Å²) >= 11 is 0. The molecule has 21 heavy (non-hydrogen) atoms. The maximum absolute atomic E-state index is 12.3. The molecule has 7 heteroatoms. The molecule has 0 amide bonds. The maximum Gasteiger partial charge on any atom is 0.301 e. The number of nitrogens with zero attached hydrogens (tertiary/aromatic N) is 1. The van der Waals surface area contributed by atoms with E-state index in [4.69, 9.17) is 10.5 Å². The Morgan fingerprint density at radius 3 is 2.29 bits per heavy atom. The van der Waals surface area contributed by atoms with Crippen molar-refractivity contribution in [3.63, 3.8) is 0 Å². The molecule has 118 valence electrons. The van der Waals surface area contributed by atoms with Crippen molar-refractivity contribution in [2.45, 2.75) is 25.7 Å². The fourth-order valence-electron chi connectivity index (χ4n) is 2.29. The third-order valence-electron chi connectivity index (χ3n) is 3.39. The monoisotopic (exact) mass is 313 g/mol. The predicted octanol–water partition coefficient (Wildman–Crippen LogP) is 1.56. The molecule has 1 aliphatic heterocycles. The number of nitrogens with two attached hydrogens (primary N) is 1. The number of hydrogen-bond acceptors (Lipinski definition) is 4. The van der Waals surface area contributed by atoms with Gasteiger partial charge >= 0.3 is 10.2 Å². The van der Waals surface area contributed by atoms with E-state index in [2.05, 4.69) is 4.72 Å². The van der Waals surface area contributed by atoms with Crippen LogP contribution in [0, 0.1) is 0 Å². The van der Waals surface area contributed by atoms with Gasteiger partial charge in [0.15, 0.2) is 0 Å². The number of rotatable bonds is 6. The first-order chi connectivity index (χ1) is 10.1. The molecule has 1 heterocycles. The van der Waals surface area contributed by atoms with Gasteiger partial charge in [0, 0.05) is 19.6 Å². The van der Waals surface area contributed by atoms with Crippen LogP contribution in [0.2, 0.25) is 0 Å². The highest BCUT2D eigenvalue weighted by atomic mass is 32.2. The second-order valence-corrected chi connectivity index (χ2v) is 6.75. The van der Waals surface area contributed by atoms with Gasteiger partial charge in [-0.05, 0) is 37.1 Å². The molecular formula is C14H23N3O3S. The van der Waals surface area contributed by atoms with E-state index in [1.165, 1.54) is 4.31 Å². The van der Waals surface area contributed by atoms with Gasteiger partial charge in [-0.15, -0.1) is 0 Å². The second kappa shape index (κ2) is 7.63. The number of nitrogens with one attached hydrogen (secondary N) is 1. The minimum Gasteiger partial charge on any atom is -0.492 e. The Kier molecular flexibility index (Phi) is 5.84. The average Bonchev–Trinajstić information content (AvgIpc) is 2.76. The van der Waals surface area contributed by atoms with E-state index in [0.717, 1.165) is 25.7 Å². The van der Waals surface area contributed by atoms with Crippen LogP contribution in [0.4, 0.5) is 5.69 Å². The molecule has 0 saturated carbocycles. The Hall–Kier alpha value is -1.31. The molecule has 0 bridgehead atoms. The Morgan fingerprint density at radius 2 is 1.71 bits per heavy atom. The number of ether oxygens (including phenoxy) is 1. The standard InChI is InChI=1S/C14H23N3O3S/c15-9-12-20-14-7-5-13(6-8-14)16-21(18,19)17-10-3-1-2-4-11-17/h5-8,16H,1-4,9-12,15H2. The first kappa shape index (κ1) is 16.1. The SMILES string of the molecule is NCCOc1ccc(NS(=O)(=O)N2CCCCCC2)cc1. The fraction of sp³-hybridized carbons (Fsp3) is 0.571. The molecule has 1 saturated heterocycles. The van der Waals surface area contributed by atoms with Crippen LogP contribution in [0.1, 0.15) is 25.7 Å². The minimum absolute atomic E-state index is 0.443. The summed E-state index contributed by atoms with van der Waals surface area (Å²) < 4.78 is 34.2. The molecule has 0 aromatic heterocycles. The van der Waals surface area contributed by atoms with E-state index in [0.29, 0.717) is 37.7 Å². The first-order valence-electron chi connectivity index (χ1n) is 7.32. The zero-order valence-corrected chi connectivity index (χ0v) is 12.9. The summed E-state index contributed by atoms with van der Waals surface area (Å²) in [6.45, 7) is 2.07. The van der Waals surface area contributed by atoms with Gasteiger partial charge in [0.25, 0.3) is 0 Å². The fourth-order valence-corrected chi connectivity index (χ4v) is 3.59. The molecule has 3 N–H and O–H groups in total. The van der Waals surface area contributed by atoms with Crippen LogP contribution in [-0.2, 0) is 10.2 Å². The molecule has 1 fully saturated rings. The zero-order chi connectivity index (χ0) is 15.1. The van der Waals surface area contributed by atoms with E-state index in [-0.39, 0.29) is 0 Å². The lowest BCUT2D eigenvalue weighted by Crippen LogP contribution is -2.36. The highest BCUT2D eigenvalue weighted by molar-refractivity contribution is 7.90. The third-order valence-corrected chi connectivity index (χ3v) is 4.93. The quantitative estimate of drug-likeness (QED) is 0.834. The van der Waals surface area contributed by atoms with Crippen LogP contribution < -0.4 is 15.2 Å². The zero-order valence-electron chi connectivity index (χ0n) is 12.1. The van der Waals surface area contributed by atoms with Crippen molar-refractivity contribution in [3.05, 3.63) is 24.3 Å². The summed E-state index contributed by atoms with van der Waals surface area (Å²) in [6.07, 6.45) is 4.04. The molecule has 2 rings (SSSR count). The Labute approximate surface area is 126 Å². The predicted molar refractivity (Wildman–Crippen MR) is 83.6 cm³/mol. The van der Waals surface area contributed by atoms with Crippen molar-refractivity contribution >= 4 is 15.9 Å². The number of benzene rings is 1. The second-order valence-electron chi connectivity index (χ2n) is 5.08. The van der Waals surface area contributed by atoms with Crippen LogP contribution >= 0.6 is 0 Å². The minimum atomic E-state index is -3.47. The Morgan fingerprint density at radius 1 is 1.10 bits per heavy atom. The van der Waals surface area contributed by atoms with Gasteiger partial charge < -0.3 is 10.5 Å². The van der Waals surface area contributed by atoms with Crippen LogP contribution in [0.3, 0.4) is 0 Å². The van der Waals surface area contributed by atoms with Crippen LogP contribution in [-0.4, -0.2) is 39.0 Å². The van der Waals surface area contributed by atoms with Crippen molar-refractivity contribution in [1.29, 1.82) is 0 Å². The van der Waals surface area contributed by atoms with E-state index in [9.17, 15) is 8.42 Å². The lowest BCUT2D eigenvalue weighted by molar-refractivity contribution is 0.328. The first-order valence-corrected chi connectivity index (χ1v) is 8.76. The highest BCUT2D eigenvalue weighted by Gasteiger charge is 2.22. The average molecular weight is 313 g/mol. The summed E-state index contributed by atoms with van der Waals surface area (Å²) in [5, 5.41) is 0. The van der Waals surface area contributed by atoms with E-state index >= 15 is 0 Å². The smallest absolute Gasteiger partial charge is 0.301 e. The van der Waals surface area contributed by atoms with Crippen LogP contribution in [0.25, 0.3) is 0 Å². The lowest BCUT2D eigenvalue weighted by Gasteiger charge is -2.20. The van der Waals surface area contributed by atoms with E-state index in [1.54, 1.807) is 24.3 Å². The molecule has 0 spiro atoms. The van der Waals surface area contributed by atoms with Crippen molar-refractivity contribution in [2.24, 2.45) is 5.73 Å². The summed E-state index contributed by atoms with van der Waals surface area (Å²) in [4.78, 5) is 0. The topological polar surface area (TPSA) is 84.7 Å². The van der Waals surface area contributed by atoms with Crippen molar-refractivity contribution in [2.75, 3.05) is 31.0 Å². The van der Waals surface area contributed by atoms with Crippen LogP contribution in [0.15, 0.2) is 24.3 Å². The largest absolute Gasteiger partial charge is 0.492 e. The molecule has 1 aromatic rings. The van der Waals surface area contributed by atoms with Crippen LogP contribution in [0.5, 0.6) is 5.75 Å². The van der Waals surface area contributed by atoms with E-state index < -0.39 is 10.2 Å². The Balaban J connectivity index is 1.98. The van der Waals surface area contributed by atoms with E-state index in [1.807, 2.05) is 0 Å². The number of hydrogen-bond donors (Lipinski definition) is 2. The van der Waals surface area contributed by atoms with Crippen molar-refractivity contribution < 1.29 is 13.2 Å². The molecule has 0 atom stereocenters. The van der Waals surface area contributed by atoms with Gasteiger partial charge in [0.1, 0.15) is 12.4 Å². The van der Waals surface area contributed by atoms with Gasteiger partial charge in [0.2, 0.25) is 0 Å². The maximum atomic E-state index is 12.3. The van der Waals surface area contributed by atoms with Gasteiger partial charge in [0.05, 0.1) is 5.69 Å². The molecule has 6 nitrogen and oxygen atoms in total. The summed E-state index contributed by atoms with van der Waals surface area (Å²) in [5.41, 5.74) is 5.90. The van der Waals surface area contributed by atoms with Crippen molar-refractivity contribution in [1.82, 2.24) is 4.31 Å². The van der Waals surface area contributed by atoms with Gasteiger partial charge in [-0.2, -0.15) is 12.7 Å². The summed E-state index contributed by atoms with van der Waals surface area (Å²) in [6, 6.07) is 6.86. The normalized spacial score (nSPS) is 17.2. The molecule has 0 radical (unpaired) electrons. The Bertz CT molecular complexity index is 523. The highest BCUT2D eigenvalue weighted by Crippen LogP contribution is 2.19. The number of anilines is 1. The summed E-state index contributed by atoms with van der Waals surface area (Å²) in [5.74, 6) is 0.679. The third kappa shape index (κ3) is 4.87. The molecule has 1 aromatic carbocycles. The molecule has 0 unspecified atom stereocenters. The van der Waals surface area contributed by atoms with Gasteiger partial charge in [-0.3, -0.25) is 4.72 Å². The van der Waals surface area contributed by atoms with Gasteiger partial charge in [-0.25, -0.2) is 0 Å².